The lowest BCUT2D eigenvalue weighted by Crippen LogP contribution is -2.38. The van der Waals surface area contributed by atoms with E-state index in [1.165, 1.54) is 6.07 Å². The number of morpholine rings is 1. The van der Waals surface area contributed by atoms with Gasteiger partial charge in [0.05, 0.1) is 19.1 Å². The predicted octanol–water partition coefficient (Wildman–Crippen LogP) is 5.58. The summed E-state index contributed by atoms with van der Waals surface area (Å²) in [5, 5.41) is 9.17. The first kappa shape index (κ1) is 25.6. The van der Waals surface area contributed by atoms with Crippen molar-refractivity contribution in [3.63, 3.8) is 0 Å². The van der Waals surface area contributed by atoms with Crippen molar-refractivity contribution in [2.45, 2.75) is 31.3 Å². The molecule has 0 amide bonds. The van der Waals surface area contributed by atoms with Crippen LogP contribution in [0.5, 0.6) is 23.0 Å². The molecule has 1 aliphatic heterocycles. The first-order valence-electron chi connectivity index (χ1n) is 13.6. The van der Waals surface area contributed by atoms with Crippen LogP contribution in [0.4, 0.5) is 4.39 Å². The summed E-state index contributed by atoms with van der Waals surface area (Å²) in [6.07, 6.45) is 1.55. The van der Waals surface area contributed by atoms with E-state index in [9.17, 15) is 9.18 Å². The second-order valence-electron chi connectivity index (χ2n) is 10.3. The molecule has 7 nitrogen and oxygen atoms in total. The van der Waals surface area contributed by atoms with E-state index in [2.05, 4.69) is 4.90 Å². The van der Waals surface area contributed by atoms with E-state index in [0.717, 1.165) is 49.7 Å². The number of aliphatic carboxylic acids is 1. The number of benzene rings is 3. The van der Waals surface area contributed by atoms with Crippen LogP contribution in [-0.2, 0) is 16.0 Å². The van der Waals surface area contributed by atoms with Gasteiger partial charge in [0.2, 0.25) is 0 Å². The average molecular weight is 534 g/mol. The fraction of sp³-hybridized carbons (Fsp3) is 0.387. The molecule has 6 rings (SSSR count). The number of nitrogens with zero attached hydrogens (tertiary/aromatic N) is 1. The number of hydrogen-bond acceptors (Lipinski definition) is 6. The highest BCUT2D eigenvalue weighted by atomic mass is 19.1. The van der Waals surface area contributed by atoms with Crippen LogP contribution in [0.25, 0.3) is 0 Å². The van der Waals surface area contributed by atoms with Crippen molar-refractivity contribution in [2.75, 3.05) is 39.5 Å². The van der Waals surface area contributed by atoms with Crippen LogP contribution >= 0.6 is 0 Å². The normalized spacial score (nSPS) is 22.2. The van der Waals surface area contributed by atoms with Crippen molar-refractivity contribution in [2.24, 2.45) is 5.92 Å². The molecule has 2 unspecified atom stereocenters. The summed E-state index contributed by atoms with van der Waals surface area (Å²) >= 11 is 0. The van der Waals surface area contributed by atoms with Gasteiger partial charge in [-0.25, -0.2) is 4.39 Å². The van der Waals surface area contributed by atoms with E-state index in [4.69, 9.17) is 24.1 Å². The molecule has 3 aromatic rings. The second kappa shape index (κ2) is 11.2. The van der Waals surface area contributed by atoms with Gasteiger partial charge >= 0.3 is 5.97 Å². The van der Waals surface area contributed by atoms with Crippen LogP contribution in [0, 0.1) is 11.7 Å². The molecular weight excluding hydrogens is 501 g/mol. The smallest absolute Gasteiger partial charge is 0.307 e. The Morgan fingerprint density at radius 1 is 0.974 bits per heavy atom. The number of hydrogen-bond donors (Lipinski definition) is 1. The minimum absolute atomic E-state index is 0.0663. The van der Waals surface area contributed by atoms with Crippen LogP contribution < -0.4 is 14.2 Å². The standard InChI is InChI=1S/C31H32FNO6/c32-27-10-12-28(38-23-7-5-21(6-8-23)37-18-15-33-13-16-36-17-14-33)24-9-11-29(30(24)27)39-22-3-1-20(2-4-22)25-19-26(25)31(34)35/h1-8,10,12,25-26,29H,9,11,13-19H2,(H,34,35)/t25?,26-,29?/m0/s1. The third-order valence-corrected chi connectivity index (χ3v) is 7.77. The van der Waals surface area contributed by atoms with E-state index in [1.807, 2.05) is 48.5 Å². The number of carboxylic acid groups (broad SMARTS) is 1. The number of rotatable bonds is 10. The van der Waals surface area contributed by atoms with Crippen molar-refractivity contribution >= 4 is 5.97 Å². The maximum absolute atomic E-state index is 14.9. The van der Waals surface area contributed by atoms with Crippen LogP contribution in [0.1, 0.15) is 41.6 Å². The topological polar surface area (TPSA) is 77.5 Å². The first-order valence-corrected chi connectivity index (χ1v) is 13.6. The largest absolute Gasteiger partial charge is 0.492 e. The molecule has 3 aromatic carbocycles. The number of halogens is 1. The summed E-state index contributed by atoms with van der Waals surface area (Å²) in [4.78, 5) is 13.5. The summed E-state index contributed by atoms with van der Waals surface area (Å²) in [5.41, 5.74) is 2.36. The predicted molar refractivity (Wildman–Crippen MR) is 142 cm³/mol. The number of fused-ring (bicyclic) bond motifs is 1. The SMILES string of the molecule is O=C(O)[C@H]1CC1c1ccc(OC2CCc3c(Oc4ccc(OCCN5CCOCC5)cc4)ccc(F)c32)cc1. The Balaban J connectivity index is 1.07. The Bertz CT molecular complexity index is 1310. The maximum Gasteiger partial charge on any atom is 0.307 e. The Hall–Kier alpha value is -3.62. The first-order chi connectivity index (χ1) is 19.0. The molecular formula is C31H32FNO6. The monoisotopic (exact) mass is 533 g/mol. The minimum atomic E-state index is -0.750. The molecule has 204 valence electrons. The van der Waals surface area contributed by atoms with Crippen molar-refractivity contribution in [3.8, 4) is 23.0 Å². The zero-order chi connectivity index (χ0) is 26.8. The lowest BCUT2D eigenvalue weighted by Gasteiger charge is -2.26. The molecule has 1 saturated heterocycles. The molecule has 3 atom stereocenters. The number of carbonyl (C=O) groups is 1. The number of ether oxygens (including phenoxy) is 4. The lowest BCUT2D eigenvalue weighted by molar-refractivity contribution is -0.138. The van der Waals surface area contributed by atoms with Crippen LogP contribution in [0.3, 0.4) is 0 Å². The van der Waals surface area contributed by atoms with E-state index in [1.54, 1.807) is 6.07 Å². The van der Waals surface area contributed by atoms with Crippen LogP contribution in [0.15, 0.2) is 60.7 Å². The van der Waals surface area contributed by atoms with Crippen molar-refractivity contribution in [3.05, 3.63) is 83.2 Å². The molecule has 1 heterocycles. The van der Waals surface area contributed by atoms with E-state index >= 15 is 0 Å². The molecule has 1 N–H and O–H groups in total. The summed E-state index contributed by atoms with van der Waals surface area (Å²) < 4.78 is 38.5. The third-order valence-electron chi connectivity index (χ3n) is 7.77. The zero-order valence-electron chi connectivity index (χ0n) is 21.7. The van der Waals surface area contributed by atoms with Crippen LogP contribution in [0.2, 0.25) is 0 Å². The zero-order valence-corrected chi connectivity index (χ0v) is 21.7. The fourth-order valence-corrected chi connectivity index (χ4v) is 5.50. The molecule has 2 aliphatic carbocycles. The van der Waals surface area contributed by atoms with Gasteiger partial charge in [0.25, 0.3) is 0 Å². The Morgan fingerprint density at radius 2 is 1.69 bits per heavy atom. The molecule has 1 saturated carbocycles. The highest BCUT2D eigenvalue weighted by Gasteiger charge is 2.44. The molecule has 0 spiro atoms. The van der Waals surface area contributed by atoms with Gasteiger partial charge in [-0.1, -0.05) is 12.1 Å². The van der Waals surface area contributed by atoms with Crippen molar-refractivity contribution in [1.29, 1.82) is 0 Å². The molecule has 0 aromatic heterocycles. The van der Waals surface area contributed by atoms with Gasteiger partial charge < -0.3 is 24.1 Å². The Labute approximate surface area is 227 Å². The average Bonchev–Trinajstić information content (AvgIpc) is 3.66. The lowest BCUT2D eigenvalue weighted by atomic mass is 10.1. The molecule has 0 radical (unpaired) electrons. The van der Waals surface area contributed by atoms with E-state index in [-0.39, 0.29) is 17.7 Å². The highest BCUT2D eigenvalue weighted by molar-refractivity contribution is 5.75. The Morgan fingerprint density at radius 3 is 2.41 bits per heavy atom. The second-order valence-corrected chi connectivity index (χ2v) is 10.3. The van der Waals surface area contributed by atoms with Gasteiger partial charge in [0.1, 0.15) is 41.5 Å². The van der Waals surface area contributed by atoms with Crippen LogP contribution in [-0.4, -0.2) is 55.4 Å². The number of carboxylic acids is 1. The van der Waals surface area contributed by atoms with Gasteiger partial charge in [-0.15, -0.1) is 0 Å². The van der Waals surface area contributed by atoms with Crippen molar-refractivity contribution < 1.29 is 33.2 Å². The van der Waals surface area contributed by atoms with Crippen molar-refractivity contribution in [1.82, 2.24) is 4.90 Å². The summed E-state index contributed by atoms with van der Waals surface area (Å²) in [7, 11) is 0. The Kier molecular flexibility index (Phi) is 7.39. The molecule has 0 bridgehead atoms. The summed E-state index contributed by atoms with van der Waals surface area (Å²) in [5.74, 6) is 1.42. The van der Waals surface area contributed by atoms with E-state index in [0.29, 0.717) is 48.7 Å². The quantitative estimate of drug-likeness (QED) is 0.364. The third kappa shape index (κ3) is 5.87. The van der Waals surface area contributed by atoms with Gasteiger partial charge in [0, 0.05) is 30.8 Å². The molecule has 3 aliphatic rings. The molecule has 8 heteroatoms. The fourth-order valence-electron chi connectivity index (χ4n) is 5.50. The van der Waals surface area contributed by atoms with Gasteiger partial charge in [-0.2, -0.15) is 0 Å². The summed E-state index contributed by atoms with van der Waals surface area (Å²) in [6, 6.07) is 18.1. The van der Waals surface area contributed by atoms with Gasteiger partial charge in [0.15, 0.2) is 0 Å². The molecule has 2 fully saturated rings. The summed E-state index contributed by atoms with van der Waals surface area (Å²) in [6.45, 7) is 4.89. The van der Waals surface area contributed by atoms with Gasteiger partial charge in [-0.3, -0.25) is 9.69 Å². The van der Waals surface area contributed by atoms with E-state index < -0.39 is 12.1 Å². The van der Waals surface area contributed by atoms with Gasteiger partial charge in [-0.05, 0) is 79.3 Å². The molecule has 39 heavy (non-hydrogen) atoms. The maximum atomic E-state index is 14.9. The highest BCUT2D eigenvalue weighted by Crippen LogP contribution is 2.48. The minimum Gasteiger partial charge on any atom is -0.492 e.